The summed E-state index contributed by atoms with van der Waals surface area (Å²) < 4.78 is 5.21. The van der Waals surface area contributed by atoms with Crippen molar-refractivity contribution in [3.63, 3.8) is 0 Å². The highest BCUT2D eigenvalue weighted by atomic mass is 16.5. The molecule has 0 bridgehead atoms. The zero-order valence-corrected chi connectivity index (χ0v) is 18.7. The molecule has 0 spiro atoms. The first-order valence-corrected chi connectivity index (χ1v) is 11.1. The van der Waals surface area contributed by atoms with Crippen LogP contribution in [0, 0.1) is 0 Å². The molecule has 1 aliphatic rings. The average molecular weight is 434 g/mol. The first-order valence-electron chi connectivity index (χ1n) is 11.1. The Morgan fingerprint density at radius 1 is 1.09 bits per heavy atom. The number of hydrogen-bond acceptors (Lipinski definition) is 5. The van der Waals surface area contributed by atoms with Crippen LogP contribution in [0.1, 0.15) is 30.3 Å². The highest BCUT2D eigenvalue weighted by molar-refractivity contribution is 5.79. The number of nitrogens with zero attached hydrogens (tertiary/aromatic N) is 4. The summed E-state index contributed by atoms with van der Waals surface area (Å²) in [5.74, 6) is 2.96. The van der Waals surface area contributed by atoms with E-state index in [1.165, 1.54) is 18.4 Å². The number of benzene rings is 2. The van der Waals surface area contributed by atoms with E-state index >= 15 is 0 Å². The SMILES string of the molecule is CN=C(NCc1nc(-c2ccc(OC)cc2)n[nH]1)NCC(c1ccccc1)N1CCCC1. The second-order valence-corrected chi connectivity index (χ2v) is 7.81. The quantitative estimate of drug-likeness (QED) is 0.374. The molecule has 0 amide bonds. The molecular weight excluding hydrogens is 402 g/mol. The molecule has 1 unspecified atom stereocenters. The molecule has 8 nitrogen and oxygen atoms in total. The Bertz CT molecular complexity index is 995. The number of likely N-dealkylation sites (tertiary alicyclic amines) is 1. The van der Waals surface area contributed by atoms with Gasteiger partial charge in [-0.25, -0.2) is 4.98 Å². The molecule has 168 valence electrons. The fourth-order valence-corrected chi connectivity index (χ4v) is 4.01. The fourth-order valence-electron chi connectivity index (χ4n) is 4.01. The highest BCUT2D eigenvalue weighted by Gasteiger charge is 2.23. The summed E-state index contributed by atoms with van der Waals surface area (Å²) in [6.45, 7) is 3.57. The van der Waals surface area contributed by atoms with Crippen LogP contribution in [0.4, 0.5) is 0 Å². The van der Waals surface area contributed by atoms with Gasteiger partial charge in [-0.15, -0.1) is 0 Å². The minimum absolute atomic E-state index is 0.323. The Kier molecular flexibility index (Phi) is 7.34. The number of aromatic nitrogens is 3. The summed E-state index contributed by atoms with van der Waals surface area (Å²) in [7, 11) is 3.44. The lowest BCUT2D eigenvalue weighted by molar-refractivity contribution is 0.245. The Hall–Kier alpha value is -3.39. The molecule has 1 aromatic heterocycles. The van der Waals surface area contributed by atoms with E-state index in [1.807, 2.05) is 24.3 Å². The van der Waals surface area contributed by atoms with Gasteiger partial charge in [0.1, 0.15) is 11.6 Å². The third-order valence-corrected chi connectivity index (χ3v) is 5.76. The molecule has 1 fully saturated rings. The molecule has 3 aromatic rings. The average Bonchev–Trinajstić information content (AvgIpc) is 3.55. The zero-order valence-electron chi connectivity index (χ0n) is 18.7. The highest BCUT2D eigenvalue weighted by Crippen LogP contribution is 2.24. The van der Waals surface area contributed by atoms with Crippen molar-refractivity contribution in [1.82, 2.24) is 30.7 Å². The van der Waals surface area contributed by atoms with E-state index in [2.05, 4.69) is 66.0 Å². The van der Waals surface area contributed by atoms with E-state index in [4.69, 9.17) is 4.74 Å². The largest absolute Gasteiger partial charge is 0.497 e. The van der Waals surface area contributed by atoms with Crippen molar-refractivity contribution in [1.29, 1.82) is 0 Å². The van der Waals surface area contributed by atoms with Gasteiger partial charge in [0.25, 0.3) is 0 Å². The van der Waals surface area contributed by atoms with Gasteiger partial charge >= 0.3 is 0 Å². The molecule has 0 radical (unpaired) electrons. The van der Waals surface area contributed by atoms with Gasteiger partial charge in [-0.1, -0.05) is 30.3 Å². The van der Waals surface area contributed by atoms with Crippen LogP contribution in [-0.4, -0.2) is 59.8 Å². The summed E-state index contributed by atoms with van der Waals surface area (Å²) in [6.07, 6.45) is 2.52. The van der Waals surface area contributed by atoms with E-state index in [9.17, 15) is 0 Å². The van der Waals surface area contributed by atoms with Crippen molar-refractivity contribution in [3.05, 3.63) is 66.0 Å². The van der Waals surface area contributed by atoms with E-state index in [-0.39, 0.29) is 0 Å². The number of guanidine groups is 1. The van der Waals surface area contributed by atoms with Crippen LogP contribution in [0.5, 0.6) is 5.75 Å². The molecule has 8 heteroatoms. The van der Waals surface area contributed by atoms with Gasteiger partial charge < -0.3 is 15.4 Å². The third kappa shape index (κ3) is 5.45. The number of H-pyrrole nitrogens is 1. The van der Waals surface area contributed by atoms with Crippen LogP contribution in [0.3, 0.4) is 0 Å². The second kappa shape index (κ2) is 10.8. The van der Waals surface area contributed by atoms with Crippen LogP contribution in [0.2, 0.25) is 0 Å². The molecule has 1 atom stereocenters. The maximum atomic E-state index is 5.21. The van der Waals surface area contributed by atoms with Crippen molar-refractivity contribution in [2.75, 3.05) is 33.8 Å². The number of aliphatic imine (C=N–C) groups is 1. The molecule has 2 aromatic carbocycles. The summed E-state index contributed by atoms with van der Waals surface area (Å²) >= 11 is 0. The van der Waals surface area contributed by atoms with Gasteiger partial charge in [-0.05, 0) is 55.8 Å². The first kappa shape index (κ1) is 21.8. The summed E-state index contributed by atoms with van der Waals surface area (Å²) in [5.41, 5.74) is 2.27. The third-order valence-electron chi connectivity index (χ3n) is 5.76. The topological polar surface area (TPSA) is 90.5 Å². The van der Waals surface area contributed by atoms with Gasteiger partial charge in [0.2, 0.25) is 0 Å². The van der Waals surface area contributed by atoms with E-state index in [0.717, 1.165) is 42.7 Å². The second-order valence-electron chi connectivity index (χ2n) is 7.81. The minimum atomic E-state index is 0.323. The summed E-state index contributed by atoms with van der Waals surface area (Å²) in [6, 6.07) is 18.7. The van der Waals surface area contributed by atoms with Crippen molar-refractivity contribution >= 4 is 5.96 Å². The van der Waals surface area contributed by atoms with Gasteiger partial charge in [0, 0.05) is 19.2 Å². The lowest BCUT2D eigenvalue weighted by Gasteiger charge is -2.28. The van der Waals surface area contributed by atoms with Crippen molar-refractivity contribution < 1.29 is 4.74 Å². The molecule has 1 saturated heterocycles. The van der Waals surface area contributed by atoms with Crippen molar-refractivity contribution in [2.24, 2.45) is 4.99 Å². The predicted molar refractivity (Wildman–Crippen MR) is 127 cm³/mol. The molecule has 32 heavy (non-hydrogen) atoms. The Morgan fingerprint density at radius 3 is 2.53 bits per heavy atom. The van der Waals surface area contributed by atoms with Gasteiger partial charge in [0.15, 0.2) is 11.8 Å². The van der Waals surface area contributed by atoms with Gasteiger partial charge in [-0.3, -0.25) is 15.0 Å². The first-order chi connectivity index (χ1) is 15.8. The van der Waals surface area contributed by atoms with Crippen LogP contribution >= 0.6 is 0 Å². The predicted octanol–water partition coefficient (Wildman–Crippen LogP) is 2.98. The molecule has 4 rings (SSSR count). The molecule has 0 saturated carbocycles. The summed E-state index contributed by atoms with van der Waals surface area (Å²) in [4.78, 5) is 11.5. The summed E-state index contributed by atoms with van der Waals surface area (Å²) in [5, 5.41) is 14.2. The molecule has 3 N–H and O–H groups in total. The maximum absolute atomic E-state index is 5.21. The van der Waals surface area contributed by atoms with E-state index in [1.54, 1.807) is 14.2 Å². The van der Waals surface area contributed by atoms with Crippen LogP contribution in [-0.2, 0) is 6.54 Å². The molecule has 0 aliphatic carbocycles. The molecule has 2 heterocycles. The Morgan fingerprint density at radius 2 is 1.84 bits per heavy atom. The Labute approximate surface area is 189 Å². The normalized spacial score (nSPS) is 15.5. The number of aromatic amines is 1. The van der Waals surface area contributed by atoms with Crippen molar-refractivity contribution in [2.45, 2.75) is 25.4 Å². The zero-order chi connectivity index (χ0) is 22.2. The molecule has 1 aliphatic heterocycles. The fraction of sp³-hybridized carbons (Fsp3) is 0.375. The van der Waals surface area contributed by atoms with E-state index in [0.29, 0.717) is 18.4 Å². The van der Waals surface area contributed by atoms with E-state index < -0.39 is 0 Å². The number of nitrogens with one attached hydrogen (secondary N) is 3. The number of ether oxygens (including phenoxy) is 1. The Balaban J connectivity index is 1.34. The number of methoxy groups -OCH3 is 1. The van der Waals surface area contributed by atoms with Crippen LogP contribution in [0.15, 0.2) is 59.6 Å². The van der Waals surface area contributed by atoms with Gasteiger partial charge in [0.05, 0.1) is 19.7 Å². The van der Waals surface area contributed by atoms with Crippen molar-refractivity contribution in [3.8, 4) is 17.1 Å². The number of hydrogen-bond donors (Lipinski definition) is 3. The van der Waals surface area contributed by atoms with Gasteiger partial charge in [-0.2, -0.15) is 5.10 Å². The lowest BCUT2D eigenvalue weighted by atomic mass is 10.1. The smallest absolute Gasteiger partial charge is 0.191 e. The minimum Gasteiger partial charge on any atom is -0.497 e. The lowest BCUT2D eigenvalue weighted by Crippen LogP contribution is -2.42. The molecular formula is C24H31N7O. The maximum Gasteiger partial charge on any atom is 0.191 e. The standard InChI is InChI=1S/C24H31N7O/c1-25-24(26-16-21(31-14-6-7-15-31)18-8-4-3-5-9-18)27-17-22-28-23(30-29-22)19-10-12-20(32-2)13-11-19/h3-5,8-13,21H,6-7,14-17H2,1-2H3,(H2,25,26,27)(H,28,29,30). The van der Waals surface area contributed by atoms with Crippen LogP contribution in [0.25, 0.3) is 11.4 Å². The monoisotopic (exact) mass is 433 g/mol. The van der Waals surface area contributed by atoms with Crippen LogP contribution < -0.4 is 15.4 Å². The number of rotatable bonds is 8.